The van der Waals surface area contributed by atoms with Crippen LogP contribution in [-0.2, 0) is 18.3 Å². The highest BCUT2D eigenvalue weighted by molar-refractivity contribution is 6.39. The third-order valence-electron chi connectivity index (χ3n) is 8.92. The van der Waals surface area contributed by atoms with Crippen molar-refractivity contribution in [1.82, 2.24) is 30.4 Å². The summed E-state index contributed by atoms with van der Waals surface area (Å²) in [4.78, 5) is 34.2. The van der Waals surface area contributed by atoms with Crippen molar-refractivity contribution in [3.8, 4) is 28.3 Å². The van der Waals surface area contributed by atoms with Crippen LogP contribution < -0.4 is 26.2 Å². The Kier molecular flexibility index (Phi) is 8.34. The number of hydrogen-bond acceptors (Lipinski definition) is 8. The molecule has 1 aliphatic carbocycles. The van der Waals surface area contributed by atoms with Crippen LogP contribution in [0, 0.1) is 6.92 Å². The van der Waals surface area contributed by atoms with Crippen molar-refractivity contribution >= 4 is 51.4 Å². The predicted molar refractivity (Wildman–Crippen MR) is 185 cm³/mol. The van der Waals surface area contributed by atoms with Crippen LogP contribution in [0.5, 0.6) is 5.88 Å². The standard InChI is InChI=1S/C35H33Cl2N7O3/c1-18-14-20-16-39-44(2)35(46)30(20)33(40-18)42-26-9-5-7-23(32(26)37)22-6-4-8-24(31(22)36)27-15-19-10-12-25(29(19)34(43-27)47-3)38-17-21-11-13-28(45)41-21/h4-9,14-16,21,25,38H,10-13,17H2,1-3H3,(H,40,42)(H,41,45). The van der Waals surface area contributed by atoms with Gasteiger partial charge in [-0.05, 0) is 49.9 Å². The summed E-state index contributed by atoms with van der Waals surface area (Å²) in [5, 5.41) is 16.1. The van der Waals surface area contributed by atoms with Gasteiger partial charge in [-0.25, -0.2) is 14.6 Å². The lowest BCUT2D eigenvalue weighted by Crippen LogP contribution is -2.36. The van der Waals surface area contributed by atoms with Crippen LogP contribution in [0.4, 0.5) is 11.5 Å². The van der Waals surface area contributed by atoms with E-state index in [4.69, 9.17) is 32.9 Å². The molecule has 10 nitrogen and oxygen atoms in total. The van der Waals surface area contributed by atoms with E-state index in [9.17, 15) is 9.59 Å². The van der Waals surface area contributed by atoms with Crippen LogP contribution in [0.15, 0.2) is 59.5 Å². The minimum atomic E-state index is -0.262. The van der Waals surface area contributed by atoms with E-state index >= 15 is 0 Å². The Morgan fingerprint density at radius 2 is 1.77 bits per heavy atom. The number of methoxy groups -OCH3 is 1. The number of amides is 1. The van der Waals surface area contributed by atoms with E-state index < -0.39 is 0 Å². The number of nitrogens with one attached hydrogen (secondary N) is 3. The van der Waals surface area contributed by atoms with Gasteiger partial charge in [-0.1, -0.05) is 53.5 Å². The summed E-state index contributed by atoms with van der Waals surface area (Å²) in [6.45, 7) is 2.56. The minimum Gasteiger partial charge on any atom is -0.481 e. The van der Waals surface area contributed by atoms with E-state index in [1.54, 1.807) is 20.4 Å². The molecule has 5 aromatic rings. The molecule has 7 rings (SSSR count). The van der Waals surface area contributed by atoms with E-state index in [0.29, 0.717) is 62.4 Å². The second kappa shape index (κ2) is 12.6. The molecular weight excluding hydrogens is 637 g/mol. The Hall–Kier alpha value is -4.51. The average Bonchev–Trinajstić information content (AvgIpc) is 3.68. The third-order valence-corrected chi connectivity index (χ3v) is 9.74. The lowest BCUT2D eigenvalue weighted by atomic mass is 9.99. The van der Waals surface area contributed by atoms with E-state index in [2.05, 4.69) is 32.1 Å². The number of pyridine rings is 2. The number of hydrogen-bond donors (Lipinski definition) is 3. The number of nitrogens with zero attached hydrogens (tertiary/aromatic N) is 4. The van der Waals surface area contributed by atoms with Gasteiger partial charge in [-0.15, -0.1) is 0 Å². The molecule has 0 spiro atoms. The van der Waals surface area contributed by atoms with E-state index in [0.717, 1.165) is 47.2 Å². The summed E-state index contributed by atoms with van der Waals surface area (Å²) in [6, 6.07) is 15.6. The maximum absolute atomic E-state index is 13.0. The highest BCUT2D eigenvalue weighted by atomic mass is 35.5. The second-order valence-electron chi connectivity index (χ2n) is 12.0. The molecule has 0 radical (unpaired) electrons. The van der Waals surface area contributed by atoms with Crippen molar-refractivity contribution in [1.29, 1.82) is 0 Å². The van der Waals surface area contributed by atoms with Crippen LogP contribution >= 0.6 is 23.2 Å². The van der Waals surface area contributed by atoms with Crippen LogP contribution in [-0.4, -0.2) is 45.4 Å². The van der Waals surface area contributed by atoms with Gasteiger partial charge in [-0.3, -0.25) is 9.59 Å². The van der Waals surface area contributed by atoms with Gasteiger partial charge >= 0.3 is 0 Å². The van der Waals surface area contributed by atoms with Gasteiger partial charge in [0, 0.05) is 65.4 Å². The lowest BCUT2D eigenvalue weighted by molar-refractivity contribution is -0.119. The quantitative estimate of drug-likeness (QED) is 0.176. The Balaban J connectivity index is 1.21. The average molecular weight is 671 g/mol. The van der Waals surface area contributed by atoms with Crippen LogP contribution in [0.3, 0.4) is 0 Å². The Morgan fingerprint density at radius 3 is 2.53 bits per heavy atom. The maximum Gasteiger partial charge on any atom is 0.278 e. The van der Waals surface area contributed by atoms with Gasteiger partial charge in [0.2, 0.25) is 11.8 Å². The summed E-state index contributed by atoms with van der Waals surface area (Å²) in [5.74, 6) is 1.07. The molecule has 2 atom stereocenters. The van der Waals surface area contributed by atoms with Gasteiger partial charge in [0.1, 0.15) is 5.82 Å². The number of benzene rings is 2. The molecule has 0 saturated carbocycles. The molecule has 3 aromatic heterocycles. The third kappa shape index (κ3) is 5.81. The van der Waals surface area contributed by atoms with Crippen molar-refractivity contribution in [3.05, 3.63) is 91.9 Å². The van der Waals surface area contributed by atoms with Crippen LogP contribution in [0.1, 0.15) is 42.1 Å². The molecule has 2 unspecified atom stereocenters. The number of ether oxygens (including phenoxy) is 1. The molecule has 240 valence electrons. The Labute approximate surface area is 281 Å². The molecule has 2 aromatic carbocycles. The zero-order chi connectivity index (χ0) is 32.8. The summed E-state index contributed by atoms with van der Waals surface area (Å²) in [7, 11) is 3.24. The van der Waals surface area contributed by atoms with Gasteiger partial charge in [0.15, 0.2) is 0 Å². The molecule has 1 fully saturated rings. The highest BCUT2D eigenvalue weighted by Gasteiger charge is 2.30. The van der Waals surface area contributed by atoms with Crippen molar-refractivity contribution in [2.45, 2.75) is 44.7 Å². The van der Waals surface area contributed by atoms with Crippen molar-refractivity contribution in [2.24, 2.45) is 7.05 Å². The fourth-order valence-corrected chi connectivity index (χ4v) is 7.20. The number of aryl methyl sites for hydroxylation is 3. The van der Waals surface area contributed by atoms with Gasteiger partial charge < -0.3 is 20.7 Å². The Morgan fingerprint density at radius 1 is 1.00 bits per heavy atom. The minimum absolute atomic E-state index is 0.0892. The van der Waals surface area contributed by atoms with Crippen molar-refractivity contribution in [3.63, 3.8) is 0 Å². The Bertz CT molecular complexity index is 2120. The first-order chi connectivity index (χ1) is 22.7. The molecule has 1 amide bonds. The molecule has 12 heteroatoms. The predicted octanol–water partition coefficient (Wildman–Crippen LogP) is 6.28. The van der Waals surface area contributed by atoms with E-state index in [1.807, 2.05) is 49.4 Å². The number of halogens is 2. The summed E-state index contributed by atoms with van der Waals surface area (Å²) in [5.41, 5.74) is 6.18. The SMILES string of the molecule is COc1nc(-c2cccc(-c3cccc(Nc4nc(C)cc5cnn(C)c(=O)c45)c3Cl)c2Cl)cc2c1C(NCC1CCC(=O)N1)CC2. The van der Waals surface area contributed by atoms with Crippen molar-refractivity contribution in [2.75, 3.05) is 19.0 Å². The fraction of sp³-hybridized carbons (Fsp3) is 0.286. The van der Waals surface area contributed by atoms with E-state index in [1.165, 1.54) is 4.68 Å². The number of carbonyl (C=O) groups is 1. The molecular formula is C35H33Cl2N7O3. The van der Waals surface area contributed by atoms with Gasteiger partial charge in [-0.2, -0.15) is 5.10 Å². The van der Waals surface area contributed by atoms with Crippen molar-refractivity contribution < 1.29 is 9.53 Å². The number of fused-ring (bicyclic) bond motifs is 2. The molecule has 47 heavy (non-hydrogen) atoms. The second-order valence-corrected chi connectivity index (χ2v) is 12.8. The zero-order valence-electron chi connectivity index (χ0n) is 26.2. The van der Waals surface area contributed by atoms with Crippen LogP contribution in [0.25, 0.3) is 33.2 Å². The summed E-state index contributed by atoms with van der Waals surface area (Å²) < 4.78 is 7.09. The first kappa shape index (κ1) is 31.1. The molecule has 1 aliphatic heterocycles. The first-order valence-corrected chi connectivity index (χ1v) is 16.3. The maximum atomic E-state index is 13.0. The zero-order valence-corrected chi connectivity index (χ0v) is 27.7. The number of carbonyl (C=O) groups excluding carboxylic acids is 1. The number of anilines is 2. The first-order valence-electron chi connectivity index (χ1n) is 15.5. The normalized spacial score (nSPS) is 17.2. The largest absolute Gasteiger partial charge is 0.481 e. The molecule has 4 heterocycles. The van der Waals surface area contributed by atoms with Gasteiger partial charge in [0.25, 0.3) is 5.56 Å². The lowest BCUT2D eigenvalue weighted by Gasteiger charge is -2.20. The topological polar surface area (TPSA) is 123 Å². The summed E-state index contributed by atoms with van der Waals surface area (Å²) in [6.07, 6.45) is 4.85. The van der Waals surface area contributed by atoms with Crippen LogP contribution in [0.2, 0.25) is 10.0 Å². The summed E-state index contributed by atoms with van der Waals surface area (Å²) >= 11 is 14.2. The highest BCUT2D eigenvalue weighted by Crippen LogP contribution is 2.44. The molecule has 3 N–H and O–H groups in total. The number of rotatable bonds is 8. The molecule has 1 saturated heterocycles. The number of aromatic nitrogens is 4. The fourth-order valence-electron chi connectivity index (χ4n) is 6.60. The van der Waals surface area contributed by atoms with E-state index in [-0.39, 0.29) is 23.6 Å². The smallest absolute Gasteiger partial charge is 0.278 e. The monoisotopic (exact) mass is 669 g/mol. The molecule has 2 aliphatic rings. The van der Waals surface area contributed by atoms with Gasteiger partial charge in [0.05, 0.1) is 40.1 Å². The molecule has 0 bridgehead atoms.